The molecule has 0 aliphatic heterocycles. The summed E-state index contributed by atoms with van der Waals surface area (Å²) in [5, 5.41) is 51.1. The van der Waals surface area contributed by atoms with E-state index in [1.807, 2.05) is 200 Å². The first-order chi connectivity index (χ1) is 67.6. The van der Waals surface area contributed by atoms with Crippen molar-refractivity contribution in [1.29, 1.82) is 0 Å². The first-order valence-electron chi connectivity index (χ1n) is 43.2. The summed E-state index contributed by atoms with van der Waals surface area (Å²) >= 11 is 6.02. The van der Waals surface area contributed by atoms with Crippen LogP contribution in [0.2, 0.25) is 0 Å². The van der Waals surface area contributed by atoms with Gasteiger partial charge in [-0.25, -0.2) is 54.1 Å². The summed E-state index contributed by atoms with van der Waals surface area (Å²) in [4.78, 5) is 3.05. The van der Waals surface area contributed by atoms with Gasteiger partial charge in [0.2, 0.25) is 0 Å². The Morgan fingerprint density at radius 3 is 0.821 bits per heavy atom. The largest absolute Gasteiger partial charge is 0.417 e. The van der Waals surface area contributed by atoms with E-state index in [2.05, 4.69) is 77.2 Å². The Kier molecular flexibility index (Phi) is 29.2. The number of aryl methyl sites for hydroxylation is 1. The molecule has 0 spiro atoms. The normalized spacial score (nSPS) is 12.0. The van der Waals surface area contributed by atoms with Crippen molar-refractivity contribution in [3.63, 3.8) is 0 Å². The van der Waals surface area contributed by atoms with E-state index in [0.717, 1.165) is 147 Å². The van der Waals surface area contributed by atoms with Crippen molar-refractivity contribution >= 4 is 172 Å². The van der Waals surface area contributed by atoms with Gasteiger partial charge >= 0.3 is 30.9 Å². The average Bonchev–Trinajstić information content (AvgIpc) is 0.909. The first-order valence-corrected chi connectivity index (χ1v) is 46.5. The summed E-state index contributed by atoms with van der Waals surface area (Å²) in [6.07, 6.45) is -25.3. The van der Waals surface area contributed by atoms with E-state index in [1.165, 1.54) is 28.7 Å². The van der Waals surface area contributed by atoms with Gasteiger partial charge in [-0.05, 0) is 176 Å². The molecule has 0 fully saturated rings. The van der Waals surface area contributed by atoms with Crippen LogP contribution in [0.15, 0.2) is 322 Å². The van der Waals surface area contributed by atoms with E-state index < -0.39 is 70.2 Å². The molecule has 24 rings (SSSR count). The topological polar surface area (TPSA) is 103 Å². The molecule has 8 nitrogen and oxygen atoms in total. The van der Waals surface area contributed by atoms with E-state index in [1.54, 1.807) is 84.2 Å². The zero-order valence-corrected chi connectivity index (χ0v) is 86.9. The van der Waals surface area contributed by atoms with Crippen LogP contribution in [-0.2, 0) is 117 Å². The van der Waals surface area contributed by atoms with Crippen LogP contribution in [0.4, 0.5) is 74.6 Å². The van der Waals surface area contributed by atoms with E-state index in [-0.39, 0.29) is 108 Å². The van der Waals surface area contributed by atoms with Gasteiger partial charge in [0.15, 0.2) is 0 Å². The second-order valence-electron chi connectivity index (χ2n) is 33.3. The molecule has 0 bridgehead atoms. The van der Waals surface area contributed by atoms with Crippen molar-refractivity contribution in [3.05, 3.63) is 385 Å². The zero-order chi connectivity index (χ0) is 97.9. The van der Waals surface area contributed by atoms with Crippen LogP contribution < -0.4 is 0 Å². The molecule has 730 valence electrons. The van der Waals surface area contributed by atoms with Gasteiger partial charge in [0.25, 0.3) is 5.92 Å². The summed E-state index contributed by atoms with van der Waals surface area (Å²) in [5.41, 5.74) is -4.36. The fraction of sp³-hybridized carbons (Fsp3) is 0.0714. The summed E-state index contributed by atoms with van der Waals surface area (Å²) < 4.78 is 238. The third-order valence-corrected chi connectivity index (χ3v) is 28.3. The Hall–Kier alpha value is -12.8. The fourth-order valence-electron chi connectivity index (χ4n) is 17.6. The predicted molar refractivity (Wildman–Crippen MR) is 528 cm³/mol. The molecule has 0 saturated carbocycles. The van der Waals surface area contributed by atoms with E-state index in [4.69, 9.17) is 0 Å². The molecule has 24 aromatic rings. The molecule has 0 unspecified atom stereocenters. The fourth-order valence-corrected chi connectivity index (χ4v) is 21.6. The van der Waals surface area contributed by atoms with Crippen molar-refractivity contribution in [2.75, 3.05) is 0 Å². The van der Waals surface area contributed by atoms with Gasteiger partial charge in [0.05, 0.1) is 50.6 Å². The molecule has 0 saturated heterocycles. The number of hydrogen-bond acceptors (Lipinski definition) is 12. The maximum atomic E-state index is 14.5. The molecule has 8 aromatic heterocycles. The van der Waals surface area contributed by atoms with Gasteiger partial charge in [-0.15, -0.1) is 94.3 Å². The van der Waals surface area contributed by atoms with Crippen LogP contribution in [0.3, 0.4) is 0 Å². The molecule has 33 heteroatoms. The third-order valence-electron chi connectivity index (χ3n) is 24.0. The standard InChI is InChI=1S/2C28H13F6N2S.C28H16F3N2S.C28H17F2N2S.4Ir/c29-27(30,31)21-10-5-9-18(24(21)28(32,33)34)25-19-12-15-6-1-2-7-16(15)13-20(19)26(36-35-25)23-14-17-8-3-4-11-22(17)37-23;29-27(30,31)21-10-9-18(13-22(21)28(32,33)34)25-19-11-15-5-1-2-6-16(15)12-20(19)26(36-35-25)24-14-17-7-3-4-8-23(17)37-24;1-16-10-20(12-21(11-16)28(29,30)31)26-22-13-17-6-2-3-7-18(17)14-23(22)27(33-32-26)25-15-19-8-4-5-9-24(19)34-25;1-28(29,30)23-12-6-5-11-20(23)26-21-14-17-8-2-3-9-18(17)15-22(21)27(32-31-26)25-16-19-10-4-7-13-24(19)33-25;;;;/h2*1-13H;2-14H,1H3;2-15H,1H3;;;;/q4*-1;;;;. The van der Waals surface area contributed by atoms with Gasteiger partial charge in [-0.1, -0.05) is 212 Å². The monoisotopic (exact) mass is 2740 g/mol. The predicted octanol–water partition coefficient (Wildman–Crippen LogP) is 35.0. The van der Waals surface area contributed by atoms with Gasteiger partial charge in [-0.3, -0.25) is 0 Å². The van der Waals surface area contributed by atoms with Crippen molar-refractivity contribution in [3.8, 4) is 87.3 Å². The molecule has 4 radical (unpaired) electrons. The number of alkyl halides is 17. The Bertz CT molecular complexity index is 8990. The van der Waals surface area contributed by atoms with Crippen LogP contribution in [0, 0.1) is 31.2 Å². The first kappa shape index (κ1) is 104. The average molecular weight is 2740 g/mol. The van der Waals surface area contributed by atoms with Crippen LogP contribution >= 0.6 is 45.3 Å². The number of fused-ring (bicyclic) bond motifs is 12. The number of rotatable bonds is 9. The molecule has 0 N–H and O–H groups in total. The number of halogens is 17. The van der Waals surface area contributed by atoms with Crippen LogP contribution in [0.1, 0.15) is 45.9 Å². The molecule has 0 amide bonds. The van der Waals surface area contributed by atoms with E-state index in [0.29, 0.717) is 100 Å². The second-order valence-corrected chi connectivity index (χ2v) is 37.5. The van der Waals surface area contributed by atoms with Crippen molar-refractivity contribution in [1.82, 2.24) is 40.8 Å². The minimum Gasteiger partial charge on any atom is -0.206 e. The number of hydrogen-bond donors (Lipinski definition) is 0. The maximum absolute atomic E-state index is 14.5. The minimum absolute atomic E-state index is 0. The third kappa shape index (κ3) is 20.7. The van der Waals surface area contributed by atoms with Gasteiger partial charge < -0.3 is 0 Å². The van der Waals surface area contributed by atoms with Crippen LogP contribution in [0.25, 0.3) is 214 Å². The molecular weight excluding hydrogens is 2680 g/mol. The number of nitrogens with zero attached hydrogens (tertiary/aromatic N) is 8. The Morgan fingerprint density at radius 1 is 0.221 bits per heavy atom. The number of thiophene rings is 4. The molecule has 0 atom stereocenters. The molecule has 0 aliphatic rings. The number of aromatic nitrogens is 8. The van der Waals surface area contributed by atoms with Crippen molar-refractivity contribution in [2.45, 2.75) is 50.7 Å². The van der Waals surface area contributed by atoms with E-state index in [9.17, 15) is 74.6 Å². The van der Waals surface area contributed by atoms with Gasteiger partial charge in [0, 0.05) is 159 Å². The van der Waals surface area contributed by atoms with Crippen LogP contribution in [0.5, 0.6) is 0 Å². The SMILES string of the molecule is CC(F)(F)c1ccccc1-c1nnc(-c2[c-]c3ccccc3s2)c2cc3ccccc3cc12.Cc1cc(-c2nnc(-c3[c-]c4ccccc4s3)c3cc4ccccc4cc23)cc(C(F)(F)F)c1.FC(F)(F)c1ccc(-c2nnc(-c3[c-]c4ccccc4s3)c3cc4ccccc4cc23)cc1C(F)(F)F.FC(F)(F)c1cccc(-c2nnc(-c3[c-]c4ccccc4s3)c3cc4ccccc4cc23)c1C(F)(F)F.[Ir].[Ir].[Ir].[Ir]. The molecule has 0 aliphatic carbocycles. The molecule has 145 heavy (non-hydrogen) atoms. The van der Waals surface area contributed by atoms with Crippen LogP contribution in [-0.4, -0.2) is 40.8 Å². The Balaban J connectivity index is 0.000000131. The van der Waals surface area contributed by atoms with Crippen molar-refractivity contribution in [2.24, 2.45) is 0 Å². The van der Waals surface area contributed by atoms with Gasteiger partial charge in [-0.2, -0.15) is 107 Å². The van der Waals surface area contributed by atoms with Gasteiger partial charge in [0.1, 0.15) is 0 Å². The van der Waals surface area contributed by atoms with Crippen molar-refractivity contribution < 1.29 is 155 Å². The summed E-state index contributed by atoms with van der Waals surface area (Å²) in [6, 6.07) is 105. The Morgan fingerprint density at radius 2 is 0.497 bits per heavy atom. The number of benzene rings is 16. The molecule has 8 heterocycles. The quantitative estimate of drug-likeness (QED) is 0.0800. The Labute approximate surface area is 882 Å². The van der Waals surface area contributed by atoms with E-state index >= 15 is 0 Å². The smallest absolute Gasteiger partial charge is 0.206 e. The molecule has 16 aromatic carbocycles. The zero-order valence-electron chi connectivity index (χ0n) is 74.1. The maximum Gasteiger partial charge on any atom is 0.417 e. The summed E-state index contributed by atoms with van der Waals surface area (Å²) in [7, 11) is 0. The summed E-state index contributed by atoms with van der Waals surface area (Å²) in [6.45, 7) is 2.57. The summed E-state index contributed by atoms with van der Waals surface area (Å²) in [5.74, 6) is -3.00. The second kappa shape index (κ2) is 40.9. The minimum atomic E-state index is -5.27. The molecular formula is C112H59F17Ir4N8S4-4.